The molecule has 2 aromatic carbocycles. The van der Waals surface area contributed by atoms with Crippen LogP contribution in [0.25, 0.3) is 5.57 Å². The Morgan fingerprint density at radius 3 is 2.16 bits per heavy atom. The van der Waals surface area contributed by atoms with E-state index in [9.17, 15) is 0 Å². The molecule has 1 atom stereocenters. The van der Waals surface area contributed by atoms with Gasteiger partial charge in [0.25, 0.3) is 0 Å². The number of hydrogen-bond donors (Lipinski definition) is 0. The maximum absolute atomic E-state index is 6.26. The molecule has 2 aromatic rings. The van der Waals surface area contributed by atoms with Crippen LogP contribution in [0.4, 0.5) is 0 Å². The highest BCUT2D eigenvalue weighted by Crippen LogP contribution is 2.50. The molecular weight excluding hydrogens is 603 g/mol. The summed E-state index contributed by atoms with van der Waals surface area (Å²) < 4.78 is 0. The maximum Gasteiger partial charge on any atom is 0.183 e. The third-order valence-electron chi connectivity index (χ3n) is 11.2. The van der Waals surface area contributed by atoms with Crippen molar-refractivity contribution < 1.29 is 0 Å². The molecule has 2 radical (unpaired) electrons. The van der Waals surface area contributed by atoms with Gasteiger partial charge in [0.05, 0.1) is 0 Å². The van der Waals surface area contributed by atoms with Crippen LogP contribution in [0.15, 0.2) is 59.7 Å². The van der Waals surface area contributed by atoms with Crippen molar-refractivity contribution in [2.24, 2.45) is 11.3 Å². The molecule has 0 saturated heterocycles. The first-order valence-electron chi connectivity index (χ1n) is 20.4. The summed E-state index contributed by atoms with van der Waals surface area (Å²) in [4.78, 5) is 4.76. The van der Waals surface area contributed by atoms with E-state index < -0.39 is 0 Å². The fraction of sp³-hybridized carbons (Fsp3) is 0.617. The van der Waals surface area contributed by atoms with Gasteiger partial charge >= 0.3 is 0 Å². The Kier molecular flexibility index (Phi) is 18.6. The van der Waals surface area contributed by atoms with Gasteiger partial charge in [-0.05, 0) is 167 Å². The molecule has 0 N–H and O–H groups in total. The van der Waals surface area contributed by atoms with Crippen LogP contribution in [-0.4, -0.2) is 37.3 Å². The molecule has 3 heteroatoms. The molecule has 2 aliphatic carbocycles. The Morgan fingerprint density at radius 1 is 1.00 bits per heavy atom. The van der Waals surface area contributed by atoms with Crippen molar-refractivity contribution in [1.29, 1.82) is 0 Å². The minimum absolute atomic E-state index is 0.310. The monoisotopic (exact) mass is 679 g/mol. The van der Waals surface area contributed by atoms with E-state index in [0.717, 1.165) is 44.0 Å². The SMILES string of the molecule is CC.CC.CC1CC1.[B]N1CCc2ccc(CCC3(CN(CCC)Cc4c(C)cc(C(=C/C)/C(C)=C(/C)C(=C)C)cc4CC)CC3)cc2C1C. The lowest BCUT2D eigenvalue weighted by molar-refractivity contribution is 0.204. The molecule has 1 unspecified atom stereocenters. The molecule has 3 aliphatic rings. The van der Waals surface area contributed by atoms with Crippen molar-refractivity contribution in [2.75, 3.05) is 19.6 Å². The van der Waals surface area contributed by atoms with Crippen LogP contribution in [0, 0.1) is 18.3 Å². The van der Waals surface area contributed by atoms with Crippen molar-refractivity contribution in [3.8, 4) is 0 Å². The van der Waals surface area contributed by atoms with E-state index in [4.69, 9.17) is 7.98 Å². The third kappa shape index (κ3) is 12.4. The largest absolute Gasteiger partial charge is 0.347 e. The lowest BCUT2D eigenvalue weighted by Crippen LogP contribution is -2.32. The number of fused-ring (bicyclic) bond motifs is 1. The van der Waals surface area contributed by atoms with Crippen molar-refractivity contribution in [3.05, 3.63) is 98.7 Å². The molecule has 0 aromatic heterocycles. The van der Waals surface area contributed by atoms with Gasteiger partial charge in [0, 0.05) is 19.1 Å². The standard InChI is InChI=1S/C39H55BN2.C4H8.2C2H6/c1-10-20-41(25-38-28(6)22-35(24-33(38)11-2)36(12-3)30(8)29(7)27(4)5)26-39(18-19-39)17-15-32-13-14-34-16-21-42(40)31(9)37(34)23-32;1-4-2-3-4;2*1-2/h12-14,22-24,31H,4,10-11,15-21,25-26H2,1-3,5-9H3;4H,2-3H2,1H3;2*1-2H3/b30-29-,36-12+;;;. The van der Waals surface area contributed by atoms with Crippen LogP contribution in [0.1, 0.15) is 167 Å². The predicted molar refractivity (Wildman–Crippen MR) is 225 cm³/mol. The second-order valence-corrected chi connectivity index (χ2v) is 15.1. The molecule has 0 spiro atoms. The van der Waals surface area contributed by atoms with Gasteiger partial charge in [-0.1, -0.05) is 110 Å². The molecule has 276 valence electrons. The number of rotatable bonds is 13. The highest BCUT2D eigenvalue weighted by Gasteiger charge is 2.43. The molecule has 1 aliphatic heterocycles. The van der Waals surface area contributed by atoms with Gasteiger partial charge in [-0.25, -0.2) is 0 Å². The Labute approximate surface area is 312 Å². The first kappa shape index (κ1) is 43.8. The number of hydrogen-bond acceptors (Lipinski definition) is 2. The highest BCUT2D eigenvalue weighted by atomic mass is 15.1. The summed E-state index contributed by atoms with van der Waals surface area (Å²) >= 11 is 0. The number of benzene rings is 2. The molecule has 2 saturated carbocycles. The van der Waals surface area contributed by atoms with Crippen molar-refractivity contribution >= 4 is 13.6 Å². The van der Waals surface area contributed by atoms with E-state index in [1.165, 1.54) is 107 Å². The van der Waals surface area contributed by atoms with Gasteiger partial charge in [0.15, 0.2) is 7.98 Å². The van der Waals surface area contributed by atoms with E-state index in [-0.39, 0.29) is 0 Å². The van der Waals surface area contributed by atoms with Crippen LogP contribution in [0.5, 0.6) is 0 Å². The van der Waals surface area contributed by atoms with Gasteiger partial charge in [0.2, 0.25) is 0 Å². The quantitative estimate of drug-likeness (QED) is 0.154. The molecule has 1 heterocycles. The van der Waals surface area contributed by atoms with Crippen molar-refractivity contribution in [3.63, 3.8) is 0 Å². The summed E-state index contributed by atoms with van der Waals surface area (Å²) in [6, 6.07) is 12.4. The fourth-order valence-corrected chi connectivity index (χ4v) is 7.22. The van der Waals surface area contributed by atoms with E-state index in [0.29, 0.717) is 11.5 Å². The lowest BCUT2D eigenvalue weighted by atomic mass is 9.87. The second-order valence-electron chi connectivity index (χ2n) is 15.1. The average molecular weight is 679 g/mol. The van der Waals surface area contributed by atoms with Crippen LogP contribution < -0.4 is 0 Å². The Morgan fingerprint density at radius 2 is 1.64 bits per heavy atom. The summed E-state index contributed by atoms with van der Waals surface area (Å²) in [5, 5.41) is 0. The summed E-state index contributed by atoms with van der Waals surface area (Å²) in [5.74, 6) is 1.08. The first-order valence-corrected chi connectivity index (χ1v) is 20.4. The first-order chi connectivity index (χ1) is 23.9. The zero-order valence-corrected chi connectivity index (χ0v) is 35.0. The summed E-state index contributed by atoms with van der Waals surface area (Å²) in [6.07, 6.45) is 13.7. The van der Waals surface area contributed by atoms with Gasteiger partial charge in [-0.2, -0.15) is 0 Å². The molecule has 0 bridgehead atoms. The van der Waals surface area contributed by atoms with Gasteiger partial charge < -0.3 is 4.81 Å². The van der Waals surface area contributed by atoms with Gasteiger partial charge in [-0.3, -0.25) is 4.90 Å². The second kappa shape index (κ2) is 21.2. The van der Waals surface area contributed by atoms with Crippen LogP contribution in [-0.2, 0) is 25.8 Å². The van der Waals surface area contributed by atoms with Crippen molar-refractivity contribution in [2.45, 2.75) is 160 Å². The van der Waals surface area contributed by atoms with E-state index in [2.05, 4.69) is 110 Å². The van der Waals surface area contributed by atoms with E-state index >= 15 is 0 Å². The fourth-order valence-electron chi connectivity index (χ4n) is 7.22. The molecule has 2 fully saturated rings. The third-order valence-corrected chi connectivity index (χ3v) is 11.2. The highest BCUT2D eigenvalue weighted by molar-refractivity contribution is 6.04. The maximum atomic E-state index is 6.26. The predicted octanol–water partition coefficient (Wildman–Crippen LogP) is 13.0. The zero-order valence-electron chi connectivity index (χ0n) is 35.0. The lowest BCUT2D eigenvalue weighted by Gasteiger charge is -2.33. The number of allylic oxidation sites excluding steroid dienone is 5. The summed E-state index contributed by atoms with van der Waals surface area (Å²) in [5.41, 5.74) is 15.8. The molecule has 2 nitrogen and oxygen atoms in total. The zero-order chi connectivity index (χ0) is 37.6. The minimum atomic E-state index is 0.310. The summed E-state index contributed by atoms with van der Waals surface area (Å²) in [7, 11) is 6.26. The van der Waals surface area contributed by atoms with E-state index in [1.807, 2.05) is 32.5 Å². The minimum Gasteiger partial charge on any atom is -0.347 e. The molecule has 5 rings (SSSR count). The van der Waals surface area contributed by atoms with Gasteiger partial charge in [0.1, 0.15) is 0 Å². The average Bonchev–Trinajstić information content (AvgIpc) is 4.07. The number of nitrogens with zero attached hydrogens (tertiary/aromatic N) is 2. The topological polar surface area (TPSA) is 6.48 Å². The Balaban J connectivity index is 0.000000978. The van der Waals surface area contributed by atoms with Crippen LogP contribution in [0.2, 0.25) is 0 Å². The van der Waals surface area contributed by atoms with Crippen LogP contribution in [0.3, 0.4) is 0 Å². The normalized spacial score (nSPS) is 18.4. The molecule has 0 amide bonds. The number of aryl methyl sites for hydroxylation is 3. The smallest absolute Gasteiger partial charge is 0.183 e. The van der Waals surface area contributed by atoms with Gasteiger partial charge in [-0.15, -0.1) is 0 Å². The Bertz CT molecular complexity index is 1420. The summed E-state index contributed by atoms with van der Waals surface area (Å²) in [6.45, 7) is 36.8. The van der Waals surface area contributed by atoms with E-state index in [1.54, 1.807) is 0 Å². The molecular formula is C47H75BN2. The Hall–Kier alpha value is -2.36. The van der Waals surface area contributed by atoms with Crippen LogP contribution >= 0.6 is 0 Å². The van der Waals surface area contributed by atoms with Crippen molar-refractivity contribution in [1.82, 2.24) is 9.71 Å². The molecule has 50 heavy (non-hydrogen) atoms.